The maximum atomic E-state index is 12.4. The van der Waals surface area contributed by atoms with Crippen molar-refractivity contribution < 1.29 is 14.3 Å². The first kappa shape index (κ1) is 15.8. The molecule has 25 heavy (non-hydrogen) atoms. The van der Waals surface area contributed by atoms with E-state index in [-0.39, 0.29) is 29.8 Å². The van der Waals surface area contributed by atoms with Crippen molar-refractivity contribution in [1.82, 2.24) is 30.2 Å². The van der Waals surface area contributed by atoms with E-state index < -0.39 is 0 Å². The summed E-state index contributed by atoms with van der Waals surface area (Å²) in [6, 6.07) is 3.35. The fourth-order valence-electron chi connectivity index (χ4n) is 3.63. The Morgan fingerprint density at radius 2 is 2.24 bits per heavy atom. The van der Waals surface area contributed by atoms with Crippen molar-refractivity contribution in [2.45, 2.75) is 6.10 Å². The molecule has 3 atom stereocenters. The third-order valence-corrected chi connectivity index (χ3v) is 5.04. The van der Waals surface area contributed by atoms with Gasteiger partial charge in [0.2, 0.25) is 0 Å². The molecule has 9 nitrogen and oxygen atoms in total. The first-order valence-electron chi connectivity index (χ1n) is 8.30. The molecule has 2 saturated heterocycles. The molecule has 0 unspecified atom stereocenters. The lowest BCUT2D eigenvalue weighted by atomic mass is 9.93. The molecule has 132 valence electrons. The summed E-state index contributed by atoms with van der Waals surface area (Å²) in [5, 5.41) is 13.5. The molecule has 4 rings (SSSR count). The number of fused-ring (bicyclic) bond motifs is 1. The summed E-state index contributed by atoms with van der Waals surface area (Å²) in [6.07, 6.45) is 3.20. The van der Waals surface area contributed by atoms with E-state index in [0.717, 1.165) is 0 Å². The van der Waals surface area contributed by atoms with E-state index in [1.54, 1.807) is 41.2 Å². The lowest BCUT2D eigenvalue weighted by Gasteiger charge is -2.19. The van der Waals surface area contributed by atoms with Crippen LogP contribution in [-0.2, 0) is 11.8 Å². The number of aromatic amines is 1. The van der Waals surface area contributed by atoms with E-state index in [4.69, 9.17) is 4.74 Å². The molecule has 9 heteroatoms. The minimum atomic E-state index is -0.146. The van der Waals surface area contributed by atoms with Gasteiger partial charge in [-0.1, -0.05) is 0 Å². The summed E-state index contributed by atoms with van der Waals surface area (Å²) in [5.74, 6) is 0.223. The highest BCUT2D eigenvalue weighted by atomic mass is 16.5. The Kier molecular flexibility index (Phi) is 4.00. The predicted octanol–water partition coefficient (Wildman–Crippen LogP) is -0.340. The SMILES string of the molecule is Cn1nccc1C(=O)NC[C@H]1CO[C@@H]2CN(C(=O)c3ccn[nH]3)C[C@H]12. The van der Waals surface area contributed by atoms with Crippen LogP contribution >= 0.6 is 0 Å². The zero-order chi connectivity index (χ0) is 17.4. The number of nitrogens with one attached hydrogen (secondary N) is 2. The Morgan fingerprint density at radius 1 is 1.36 bits per heavy atom. The zero-order valence-corrected chi connectivity index (χ0v) is 13.9. The van der Waals surface area contributed by atoms with Gasteiger partial charge in [0, 0.05) is 50.9 Å². The summed E-state index contributed by atoms with van der Waals surface area (Å²) in [6.45, 7) is 2.34. The van der Waals surface area contributed by atoms with Crippen LogP contribution in [0.25, 0.3) is 0 Å². The minimum absolute atomic E-state index is 0.0328. The van der Waals surface area contributed by atoms with E-state index in [0.29, 0.717) is 37.6 Å². The third kappa shape index (κ3) is 2.91. The van der Waals surface area contributed by atoms with Crippen molar-refractivity contribution in [2.75, 3.05) is 26.2 Å². The number of nitrogens with zero attached hydrogens (tertiary/aromatic N) is 4. The monoisotopic (exact) mass is 344 g/mol. The number of aryl methyl sites for hydroxylation is 1. The molecule has 2 fully saturated rings. The molecule has 0 aliphatic carbocycles. The molecular weight excluding hydrogens is 324 g/mol. The Labute approximate surface area is 144 Å². The van der Waals surface area contributed by atoms with Crippen molar-refractivity contribution in [2.24, 2.45) is 18.9 Å². The number of hydrogen-bond donors (Lipinski definition) is 2. The highest BCUT2D eigenvalue weighted by molar-refractivity contribution is 5.93. The molecule has 2 aliphatic heterocycles. The first-order chi connectivity index (χ1) is 12.1. The number of amides is 2. The van der Waals surface area contributed by atoms with Crippen LogP contribution in [0.3, 0.4) is 0 Å². The number of hydrogen-bond acceptors (Lipinski definition) is 5. The van der Waals surface area contributed by atoms with Gasteiger partial charge in [-0.05, 0) is 12.1 Å². The number of H-pyrrole nitrogens is 1. The maximum Gasteiger partial charge on any atom is 0.271 e. The smallest absolute Gasteiger partial charge is 0.271 e. The minimum Gasteiger partial charge on any atom is -0.376 e. The fraction of sp³-hybridized carbons (Fsp3) is 0.500. The second-order valence-corrected chi connectivity index (χ2v) is 6.53. The van der Waals surface area contributed by atoms with Gasteiger partial charge in [0.25, 0.3) is 11.8 Å². The number of aromatic nitrogens is 4. The number of carbonyl (C=O) groups excluding carboxylic acids is 2. The van der Waals surface area contributed by atoms with Crippen molar-refractivity contribution in [3.8, 4) is 0 Å². The number of likely N-dealkylation sites (tertiary alicyclic amines) is 1. The van der Waals surface area contributed by atoms with Crippen molar-refractivity contribution >= 4 is 11.8 Å². The Hall–Kier alpha value is -2.68. The maximum absolute atomic E-state index is 12.4. The van der Waals surface area contributed by atoms with Gasteiger partial charge in [0.15, 0.2) is 0 Å². The third-order valence-electron chi connectivity index (χ3n) is 5.04. The number of carbonyl (C=O) groups is 2. The molecule has 2 N–H and O–H groups in total. The second kappa shape index (κ2) is 6.32. The molecule has 2 aromatic heterocycles. The van der Waals surface area contributed by atoms with Crippen LogP contribution in [0, 0.1) is 11.8 Å². The van der Waals surface area contributed by atoms with Crippen LogP contribution in [0.1, 0.15) is 21.0 Å². The first-order valence-corrected chi connectivity index (χ1v) is 8.30. The summed E-state index contributed by atoms with van der Waals surface area (Å²) in [5.41, 5.74) is 1.01. The summed E-state index contributed by atoms with van der Waals surface area (Å²) >= 11 is 0. The number of rotatable bonds is 4. The van der Waals surface area contributed by atoms with Gasteiger partial charge in [0.05, 0.1) is 12.7 Å². The van der Waals surface area contributed by atoms with E-state index in [9.17, 15) is 9.59 Å². The van der Waals surface area contributed by atoms with E-state index >= 15 is 0 Å². The molecule has 2 amide bonds. The van der Waals surface area contributed by atoms with Crippen LogP contribution in [0.5, 0.6) is 0 Å². The highest BCUT2D eigenvalue weighted by Crippen LogP contribution is 2.33. The average molecular weight is 344 g/mol. The van der Waals surface area contributed by atoms with Crippen molar-refractivity contribution in [3.05, 3.63) is 35.9 Å². The normalized spacial score (nSPS) is 25.2. The van der Waals surface area contributed by atoms with Crippen molar-refractivity contribution in [3.63, 3.8) is 0 Å². The molecule has 0 bridgehead atoms. The molecule has 0 aromatic carbocycles. The topological polar surface area (TPSA) is 105 Å². The van der Waals surface area contributed by atoms with Gasteiger partial charge < -0.3 is 15.0 Å². The Morgan fingerprint density at radius 3 is 2.96 bits per heavy atom. The lowest BCUT2D eigenvalue weighted by molar-refractivity contribution is 0.0670. The van der Waals surface area contributed by atoms with Crippen LogP contribution in [-0.4, -0.2) is 69.0 Å². The van der Waals surface area contributed by atoms with Crippen LogP contribution in [0.2, 0.25) is 0 Å². The van der Waals surface area contributed by atoms with E-state index in [2.05, 4.69) is 20.6 Å². The van der Waals surface area contributed by atoms with Crippen molar-refractivity contribution in [1.29, 1.82) is 0 Å². The molecule has 0 radical (unpaired) electrons. The van der Waals surface area contributed by atoms with Gasteiger partial charge in [-0.2, -0.15) is 10.2 Å². The molecule has 0 saturated carbocycles. The van der Waals surface area contributed by atoms with Gasteiger partial charge >= 0.3 is 0 Å². The van der Waals surface area contributed by atoms with Crippen LogP contribution in [0.15, 0.2) is 24.5 Å². The molecule has 2 aliphatic rings. The lowest BCUT2D eigenvalue weighted by Crippen LogP contribution is -2.36. The molecular formula is C16H20N6O3. The van der Waals surface area contributed by atoms with Gasteiger partial charge in [-0.3, -0.25) is 19.4 Å². The van der Waals surface area contributed by atoms with Crippen LogP contribution in [0.4, 0.5) is 0 Å². The predicted molar refractivity (Wildman–Crippen MR) is 86.8 cm³/mol. The highest BCUT2D eigenvalue weighted by Gasteiger charge is 2.45. The van der Waals surface area contributed by atoms with E-state index in [1.807, 2.05) is 0 Å². The van der Waals surface area contributed by atoms with E-state index in [1.165, 1.54) is 0 Å². The fourth-order valence-corrected chi connectivity index (χ4v) is 3.63. The zero-order valence-electron chi connectivity index (χ0n) is 13.9. The molecule has 4 heterocycles. The molecule has 0 spiro atoms. The summed E-state index contributed by atoms with van der Waals surface area (Å²) in [4.78, 5) is 26.4. The summed E-state index contributed by atoms with van der Waals surface area (Å²) in [7, 11) is 1.74. The second-order valence-electron chi connectivity index (χ2n) is 6.53. The summed E-state index contributed by atoms with van der Waals surface area (Å²) < 4.78 is 7.39. The average Bonchev–Trinajstić information content (AvgIpc) is 3.36. The molecule has 2 aromatic rings. The Balaban J connectivity index is 1.35. The standard InChI is InChI=1S/C16H20N6O3/c1-21-13(3-5-19-21)15(23)17-6-10-9-25-14-8-22(7-11(10)14)16(24)12-2-4-18-20-12/h2-5,10-11,14H,6-9H2,1H3,(H,17,23)(H,18,20)/t10-,11+,14+/m0/s1. The quantitative estimate of drug-likeness (QED) is 0.789. The van der Waals surface area contributed by atoms with Gasteiger partial charge in [-0.25, -0.2) is 0 Å². The van der Waals surface area contributed by atoms with Gasteiger partial charge in [0.1, 0.15) is 11.4 Å². The van der Waals surface area contributed by atoms with Crippen LogP contribution < -0.4 is 5.32 Å². The number of ether oxygens (including phenoxy) is 1. The largest absolute Gasteiger partial charge is 0.376 e. The Bertz CT molecular complexity index is 771. The van der Waals surface area contributed by atoms with Gasteiger partial charge in [-0.15, -0.1) is 0 Å².